The predicted octanol–water partition coefficient (Wildman–Crippen LogP) is 4.22. The van der Waals surface area contributed by atoms with Crippen molar-refractivity contribution in [3.05, 3.63) is 53.4 Å². The molecule has 4 N–H and O–H groups in total. The lowest BCUT2D eigenvalue weighted by Gasteiger charge is -2.22. The van der Waals surface area contributed by atoms with Gasteiger partial charge in [-0.15, -0.1) is 0 Å². The van der Waals surface area contributed by atoms with Gasteiger partial charge in [0.15, 0.2) is 11.4 Å². The Morgan fingerprint density at radius 2 is 2.03 bits per heavy atom. The van der Waals surface area contributed by atoms with Crippen molar-refractivity contribution in [3.63, 3.8) is 0 Å². The molecule has 0 radical (unpaired) electrons. The molecule has 1 fully saturated rings. The van der Waals surface area contributed by atoms with Crippen LogP contribution in [-0.2, 0) is 0 Å². The molecular weight excluding hydrogens is 418 g/mol. The molecule has 0 atom stereocenters. The number of furan rings is 1. The lowest BCUT2D eigenvalue weighted by Crippen LogP contribution is -2.29. The quantitative estimate of drug-likeness (QED) is 0.437. The summed E-state index contributed by atoms with van der Waals surface area (Å²) >= 11 is 6.00. The Bertz CT molecular complexity index is 1290. The maximum Gasteiger partial charge on any atom is 0.337 e. The number of benzene rings is 1. The van der Waals surface area contributed by atoms with Gasteiger partial charge in [-0.25, -0.2) is 9.78 Å². The van der Waals surface area contributed by atoms with Gasteiger partial charge in [0.05, 0.1) is 22.8 Å². The number of pyridine rings is 1. The summed E-state index contributed by atoms with van der Waals surface area (Å²) in [6.45, 7) is 1.97. The summed E-state index contributed by atoms with van der Waals surface area (Å²) in [5.74, 6) is -0.348. The standard InChI is InChI=1S/C22H20ClN5O3/c23-18-2-1-12(7-16(18)22(29)30)19-8-15-17(10-26-21(24)20(15)31-19)13-9-27-28(11-13)14-3-5-25-6-4-14/h1-2,7-11,14,25H,3-6H2,(H2,24,26)(H,29,30). The Morgan fingerprint density at radius 1 is 1.23 bits per heavy atom. The third-order valence-electron chi connectivity index (χ3n) is 5.66. The van der Waals surface area contributed by atoms with Crippen LogP contribution >= 0.6 is 11.6 Å². The van der Waals surface area contributed by atoms with E-state index in [1.165, 1.54) is 6.07 Å². The summed E-state index contributed by atoms with van der Waals surface area (Å²) in [4.78, 5) is 15.7. The number of carboxylic acids is 1. The number of aromatic nitrogens is 3. The molecule has 0 amide bonds. The molecule has 4 heterocycles. The second kappa shape index (κ2) is 7.72. The maximum atomic E-state index is 11.4. The topological polar surface area (TPSA) is 119 Å². The monoisotopic (exact) mass is 437 g/mol. The van der Waals surface area contributed by atoms with E-state index >= 15 is 0 Å². The molecule has 1 aromatic carbocycles. The van der Waals surface area contributed by atoms with Gasteiger partial charge in [-0.2, -0.15) is 5.10 Å². The van der Waals surface area contributed by atoms with Crippen molar-refractivity contribution in [2.45, 2.75) is 18.9 Å². The van der Waals surface area contributed by atoms with Crippen LogP contribution in [0.1, 0.15) is 29.2 Å². The highest BCUT2D eigenvalue weighted by Gasteiger charge is 2.20. The average Bonchev–Trinajstić information content (AvgIpc) is 3.43. The predicted molar refractivity (Wildman–Crippen MR) is 118 cm³/mol. The summed E-state index contributed by atoms with van der Waals surface area (Å²) < 4.78 is 8.00. The highest BCUT2D eigenvalue weighted by Crippen LogP contribution is 2.37. The lowest BCUT2D eigenvalue weighted by molar-refractivity contribution is 0.0697. The molecule has 1 saturated heterocycles. The van der Waals surface area contributed by atoms with Gasteiger partial charge in [-0.3, -0.25) is 4.68 Å². The summed E-state index contributed by atoms with van der Waals surface area (Å²) in [7, 11) is 0. The highest BCUT2D eigenvalue weighted by molar-refractivity contribution is 6.33. The second-order valence-electron chi connectivity index (χ2n) is 7.60. The van der Waals surface area contributed by atoms with Crippen LogP contribution in [0, 0.1) is 0 Å². The Hall–Kier alpha value is -3.36. The molecule has 0 bridgehead atoms. The Morgan fingerprint density at radius 3 is 2.81 bits per heavy atom. The number of carboxylic acid groups (broad SMARTS) is 1. The van der Waals surface area contributed by atoms with Gasteiger partial charge in [0.2, 0.25) is 0 Å². The normalized spacial score (nSPS) is 14.9. The van der Waals surface area contributed by atoms with E-state index in [4.69, 9.17) is 21.8 Å². The van der Waals surface area contributed by atoms with Crippen LogP contribution < -0.4 is 11.1 Å². The Balaban J connectivity index is 1.58. The minimum absolute atomic E-state index is 0.00851. The van der Waals surface area contributed by atoms with E-state index in [9.17, 15) is 9.90 Å². The zero-order valence-electron chi connectivity index (χ0n) is 16.5. The van der Waals surface area contributed by atoms with Gasteiger partial charge in [-0.1, -0.05) is 11.6 Å². The fraction of sp³-hybridized carbons (Fsp3) is 0.227. The number of anilines is 1. The molecule has 158 valence electrons. The minimum atomic E-state index is -1.10. The van der Waals surface area contributed by atoms with Crippen molar-refractivity contribution in [2.75, 3.05) is 18.8 Å². The molecule has 4 aromatic rings. The van der Waals surface area contributed by atoms with Gasteiger partial charge in [0.1, 0.15) is 5.76 Å². The van der Waals surface area contributed by atoms with Crippen molar-refractivity contribution < 1.29 is 14.3 Å². The van der Waals surface area contributed by atoms with E-state index in [-0.39, 0.29) is 16.4 Å². The van der Waals surface area contributed by atoms with Crippen molar-refractivity contribution in [1.82, 2.24) is 20.1 Å². The van der Waals surface area contributed by atoms with Crippen molar-refractivity contribution >= 4 is 34.4 Å². The van der Waals surface area contributed by atoms with Crippen LogP contribution in [0.5, 0.6) is 0 Å². The largest absolute Gasteiger partial charge is 0.478 e. The third-order valence-corrected chi connectivity index (χ3v) is 5.99. The van der Waals surface area contributed by atoms with Crippen LogP contribution in [0.25, 0.3) is 33.4 Å². The molecule has 5 rings (SSSR count). The van der Waals surface area contributed by atoms with Crippen molar-refractivity contribution in [3.8, 4) is 22.5 Å². The number of hydrogen-bond acceptors (Lipinski definition) is 6. The van der Waals surface area contributed by atoms with Crippen LogP contribution in [0.15, 0.2) is 47.3 Å². The highest BCUT2D eigenvalue weighted by atomic mass is 35.5. The van der Waals surface area contributed by atoms with Gasteiger partial charge in [0, 0.05) is 34.5 Å². The SMILES string of the molecule is Nc1ncc(-c2cnn(C3CCNCC3)c2)c2cc(-c3ccc(Cl)c(C(=O)O)c3)oc12. The molecule has 31 heavy (non-hydrogen) atoms. The number of nitrogens with two attached hydrogens (primary N) is 1. The van der Waals surface area contributed by atoms with Gasteiger partial charge < -0.3 is 20.6 Å². The molecule has 0 unspecified atom stereocenters. The van der Waals surface area contributed by atoms with E-state index in [1.807, 2.05) is 23.1 Å². The summed E-state index contributed by atoms with van der Waals surface area (Å²) in [5.41, 5.74) is 8.90. The lowest BCUT2D eigenvalue weighted by atomic mass is 10.0. The zero-order chi connectivity index (χ0) is 21.5. The molecule has 3 aromatic heterocycles. The molecule has 0 aliphatic carbocycles. The fourth-order valence-electron chi connectivity index (χ4n) is 4.01. The average molecular weight is 438 g/mol. The number of nitrogens with zero attached hydrogens (tertiary/aromatic N) is 3. The van der Waals surface area contributed by atoms with Crippen molar-refractivity contribution in [1.29, 1.82) is 0 Å². The molecule has 8 nitrogen and oxygen atoms in total. The zero-order valence-corrected chi connectivity index (χ0v) is 17.3. The smallest absolute Gasteiger partial charge is 0.337 e. The van der Waals surface area contributed by atoms with Crippen LogP contribution in [0.4, 0.5) is 5.82 Å². The number of aromatic carboxylic acids is 1. The van der Waals surface area contributed by atoms with E-state index in [0.717, 1.165) is 42.4 Å². The molecule has 0 saturated carbocycles. The summed E-state index contributed by atoms with van der Waals surface area (Å²) in [5, 5.41) is 18.3. The number of hydrogen-bond donors (Lipinski definition) is 3. The first-order valence-corrected chi connectivity index (χ1v) is 10.4. The van der Waals surface area contributed by atoms with E-state index in [0.29, 0.717) is 22.9 Å². The van der Waals surface area contributed by atoms with E-state index < -0.39 is 5.97 Å². The third kappa shape index (κ3) is 3.54. The number of halogens is 1. The van der Waals surface area contributed by atoms with Crippen LogP contribution in [0.2, 0.25) is 5.02 Å². The van der Waals surface area contributed by atoms with Gasteiger partial charge in [-0.05, 0) is 50.2 Å². The number of rotatable bonds is 4. The van der Waals surface area contributed by atoms with E-state index in [1.54, 1.807) is 18.3 Å². The van der Waals surface area contributed by atoms with E-state index in [2.05, 4.69) is 15.4 Å². The second-order valence-corrected chi connectivity index (χ2v) is 8.01. The number of carbonyl (C=O) groups is 1. The fourth-order valence-corrected chi connectivity index (χ4v) is 4.20. The van der Waals surface area contributed by atoms with Crippen LogP contribution in [0.3, 0.4) is 0 Å². The Labute approximate surface area is 182 Å². The summed E-state index contributed by atoms with van der Waals surface area (Å²) in [6, 6.07) is 6.96. The molecule has 1 aliphatic heterocycles. The van der Waals surface area contributed by atoms with Gasteiger partial charge in [0.25, 0.3) is 0 Å². The number of nitrogens with one attached hydrogen (secondary N) is 1. The minimum Gasteiger partial charge on any atom is -0.478 e. The Kier molecular flexibility index (Phi) is 4.88. The first-order chi connectivity index (χ1) is 15.0. The van der Waals surface area contributed by atoms with Crippen LogP contribution in [-0.4, -0.2) is 38.9 Å². The number of fused-ring (bicyclic) bond motifs is 1. The number of nitrogen functional groups attached to an aromatic ring is 1. The maximum absolute atomic E-state index is 11.4. The molecule has 0 spiro atoms. The van der Waals surface area contributed by atoms with Gasteiger partial charge >= 0.3 is 5.97 Å². The summed E-state index contributed by atoms with van der Waals surface area (Å²) in [6.07, 6.45) is 7.64. The van der Waals surface area contributed by atoms with Crippen molar-refractivity contribution in [2.24, 2.45) is 0 Å². The number of piperidine rings is 1. The molecule has 9 heteroatoms. The molecule has 1 aliphatic rings. The first kappa shape index (κ1) is 19.6. The first-order valence-electron chi connectivity index (χ1n) is 9.98. The molecular formula is C22H20ClN5O3.